The normalized spacial score (nSPS) is 13.8. The molecule has 0 saturated carbocycles. The van der Waals surface area contributed by atoms with Crippen molar-refractivity contribution in [3.63, 3.8) is 0 Å². The van der Waals surface area contributed by atoms with Crippen LogP contribution in [0.2, 0.25) is 0 Å². The number of nitrogens with zero attached hydrogens (tertiary/aromatic N) is 3. The summed E-state index contributed by atoms with van der Waals surface area (Å²) in [5.74, 6) is 2.79. The van der Waals surface area contributed by atoms with Gasteiger partial charge < -0.3 is 18.6 Å². The first-order valence-electron chi connectivity index (χ1n) is 9.29. The van der Waals surface area contributed by atoms with Crippen LogP contribution in [-0.2, 0) is 19.6 Å². The van der Waals surface area contributed by atoms with Gasteiger partial charge in [0.1, 0.15) is 5.75 Å². The van der Waals surface area contributed by atoms with Crippen molar-refractivity contribution < 1.29 is 18.6 Å². The van der Waals surface area contributed by atoms with E-state index in [2.05, 4.69) is 16.1 Å². The fourth-order valence-corrected chi connectivity index (χ4v) is 3.68. The molecule has 3 aromatic rings. The number of benzene rings is 2. The SMILES string of the molecule is COc1ccc(-c2nn(CN3CCc4cc(OC)c(OC)cc4C3)c(=S)o2)cc1. The highest BCUT2D eigenvalue weighted by Crippen LogP contribution is 2.33. The van der Waals surface area contributed by atoms with E-state index in [9.17, 15) is 0 Å². The smallest absolute Gasteiger partial charge is 0.288 e. The molecular formula is C21H23N3O4S. The lowest BCUT2D eigenvalue weighted by Gasteiger charge is -2.29. The van der Waals surface area contributed by atoms with Crippen molar-refractivity contribution in [3.8, 4) is 28.7 Å². The van der Waals surface area contributed by atoms with Gasteiger partial charge in [0.05, 0.1) is 28.0 Å². The molecule has 1 aromatic heterocycles. The Kier molecular flexibility index (Phi) is 5.55. The van der Waals surface area contributed by atoms with Gasteiger partial charge in [0, 0.05) is 18.7 Å². The molecule has 1 aliphatic heterocycles. The summed E-state index contributed by atoms with van der Waals surface area (Å²) >= 11 is 5.39. The summed E-state index contributed by atoms with van der Waals surface area (Å²) in [4.78, 5) is 2.64. The molecule has 0 atom stereocenters. The van der Waals surface area contributed by atoms with Crippen LogP contribution in [0.4, 0.5) is 0 Å². The van der Waals surface area contributed by atoms with E-state index in [0.29, 0.717) is 17.4 Å². The van der Waals surface area contributed by atoms with Crippen molar-refractivity contribution in [3.05, 3.63) is 52.4 Å². The number of hydrogen-bond acceptors (Lipinski definition) is 7. The van der Waals surface area contributed by atoms with Gasteiger partial charge in [-0.1, -0.05) is 0 Å². The van der Waals surface area contributed by atoms with E-state index >= 15 is 0 Å². The average molecular weight is 413 g/mol. The molecule has 0 unspecified atom stereocenters. The van der Waals surface area contributed by atoms with Crippen molar-refractivity contribution in [2.45, 2.75) is 19.6 Å². The van der Waals surface area contributed by atoms with Gasteiger partial charge in [0.25, 0.3) is 4.84 Å². The summed E-state index contributed by atoms with van der Waals surface area (Å²) in [6.45, 7) is 2.24. The van der Waals surface area contributed by atoms with Crippen molar-refractivity contribution >= 4 is 12.2 Å². The van der Waals surface area contributed by atoms with Crippen LogP contribution in [0.15, 0.2) is 40.8 Å². The zero-order valence-corrected chi connectivity index (χ0v) is 17.5. The monoisotopic (exact) mass is 413 g/mol. The number of methoxy groups -OCH3 is 3. The maximum Gasteiger partial charge on any atom is 0.288 e. The molecule has 8 heteroatoms. The molecule has 0 radical (unpaired) electrons. The summed E-state index contributed by atoms with van der Waals surface area (Å²) in [7, 11) is 4.95. The standard InChI is InChI=1S/C21H23N3O4S/c1-25-17-6-4-14(5-7-17)20-22-24(21(29)28-20)13-23-9-8-15-10-18(26-2)19(27-3)11-16(15)12-23/h4-7,10-11H,8-9,12-13H2,1-3H3. The summed E-state index contributed by atoms with van der Waals surface area (Å²) in [6.07, 6.45) is 0.923. The maximum absolute atomic E-state index is 5.71. The van der Waals surface area contributed by atoms with Crippen LogP contribution >= 0.6 is 12.2 Å². The number of ether oxygens (including phenoxy) is 3. The van der Waals surface area contributed by atoms with Crippen molar-refractivity contribution in [2.24, 2.45) is 0 Å². The summed E-state index contributed by atoms with van der Waals surface area (Å²) < 4.78 is 23.5. The Hall–Kier alpha value is -2.84. The minimum Gasteiger partial charge on any atom is -0.497 e. The third-order valence-electron chi connectivity index (χ3n) is 5.07. The molecule has 0 bridgehead atoms. The van der Waals surface area contributed by atoms with E-state index in [1.165, 1.54) is 11.1 Å². The van der Waals surface area contributed by atoms with Crippen LogP contribution in [0.1, 0.15) is 11.1 Å². The lowest BCUT2D eigenvalue weighted by atomic mass is 9.99. The Morgan fingerprint density at radius 3 is 2.34 bits per heavy atom. The lowest BCUT2D eigenvalue weighted by Crippen LogP contribution is -2.32. The lowest BCUT2D eigenvalue weighted by molar-refractivity contribution is 0.185. The van der Waals surface area contributed by atoms with E-state index < -0.39 is 0 Å². The molecule has 2 heterocycles. The van der Waals surface area contributed by atoms with Crippen LogP contribution in [0.5, 0.6) is 17.2 Å². The molecule has 0 spiro atoms. The summed E-state index contributed by atoms with van der Waals surface area (Å²) in [5, 5.41) is 4.57. The van der Waals surface area contributed by atoms with E-state index in [1.54, 1.807) is 26.0 Å². The molecule has 0 N–H and O–H groups in total. The van der Waals surface area contributed by atoms with Crippen molar-refractivity contribution in [2.75, 3.05) is 27.9 Å². The third-order valence-corrected chi connectivity index (χ3v) is 5.37. The second kappa shape index (κ2) is 8.26. The fourth-order valence-electron chi connectivity index (χ4n) is 3.50. The number of hydrogen-bond donors (Lipinski definition) is 0. The first-order chi connectivity index (χ1) is 14.1. The predicted molar refractivity (Wildman–Crippen MR) is 111 cm³/mol. The Morgan fingerprint density at radius 1 is 1.00 bits per heavy atom. The maximum atomic E-state index is 5.71. The molecule has 2 aromatic carbocycles. The molecule has 0 amide bonds. The molecular weight excluding hydrogens is 390 g/mol. The van der Waals surface area contributed by atoms with Gasteiger partial charge in [-0.3, -0.25) is 4.90 Å². The van der Waals surface area contributed by atoms with Crippen LogP contribution in [-0.4, -0.2) is 42.6 Å². The van der Waals surface area contributed by atoms with Crippen molar-refractivity contribution in [1.29, 1.82) is 0 Å². The summed E-state index contributed by atoms with van der Waals surface area (Å²) in [5.41, 5.74) is 3.36. The Morgan fingerprint density at radius 2 is 1.69 bits per heavy atom. The van der Waals surface area contributed by atoms with Gasteiger partial charge >= 0.3 is 0 Å². The van der Waals surface area contributed by atoms with Crippen LogP contribution in [0.3, 0.4) is 0 Å². The van der Waals surface area contributed by atoms with E-state index in [0.717, 1.165) is 42.3 Å². The predicted octanol–water partition coefficient (Wildman–Crippen LogP) is 3.91. The number of aromatic nitrogens is 2. The van der Waals surface area contributed by atoms with Crippen LogP contribution < -0.4 is 14.2 Å². The van der Waals surface area contributed by atoms with Gasteiger partial charge in [-0.2, -0.15) is 0 Å². The van der Waals surface area contributed by atoms with E-state index in [4.69, 9.17) is 30.8 Å². The molecule has 1 aliphatic rings. The second-order valence-corrected chi connectivity index (χ2v) is 7.17. The largest absolute Gasteiger partial charge is 0.497 e. The Labute approximate surface area is 174 Å². The topological polar surface area (TPSA) is 61.9 Å². The molecule has 0 saturated heterocycles. The zero-order chi connectivity index (χ0) is 20.4. The first-order valence-corrected chi connectivity index (χ1v) is 9.70. The average Bonchev–Trinajstić information content (AvgIpc) is 3.12. The molecule has 29 heavy (non-hydrogen) atoms. The quantitative estimate of drug-likeness (QED) is 0.568. The van der Waals surface area contributed by atoms with Gasteiger partial charge in [-0.25, -0.2) is 4.68 Å². The zero-order valence-electron chi connectivity index (χ0n) is 16.7. The minimum absolute atomic E-state index is 0.355. The minimum atomic E-state index is 0.355. The van der Waals surface area contributed by atoms with Crippen LogP contribution in [0.25, 0.3) is 11.5 Å². The van der Waals surface area contributed by atoms with Gasteiger partial charge in [-0.15, -0.1) is 5.10 Å². The van der Waals surface area contributed by atoms with Crippen LogP contribution in [0, 0.1) is 4.84 Å². The third kappa shape index (κ3) is 3.99. The molecule has 4 rings (SSSR count). The first kappa shape index (κ1) is 19.5. The highest BCUT2D eigenvalue weighted by Gasteiger charge is 2.21. The number of rotatable bonds is 6. The van der Waals surface area contributed by atoms with Gasteiger partial charge in [0.2, 0.25) is 5.89 Å². The highest BCUT2D eigenvalue weighted by atomic mass is 32.1. The fraction of sp³-hybridized carbons (Fsp3) is 0.333. The van der Waals surface area contributed by atoms with Gasteiger partial charge in [-0.05, 0) is 66.2 Å². The Balaban J connectivity index is 1.52. The summed E-state index contributed by atoms with van der Waals surface area (Å²) in [6, 6.07) is 11.7. The van der Waals surface area contributed by atoms with E-state index in [1.807, 2.05) is 30.3 Å². The van der Waals surface area contributed by atoms with Gasteiger partial charge in [0.15, 0.2) is 11.5 Å². The highest BCUT2D eigenvalue weighted by molar-refractivity contribution is 7.71. The molecule has 7 nitrogen and oxygen atoms in total. The number of fused-ring (bicyclic) bond motifs is 1. The molecule has 0 fully saturated rings. The van der Waals surface area contributed by atoms with E-state index in [-0.39, 0.29) is 0 Å². The molecule has 152 valence electrons. The van der Waals surface area contributed by atoms with Crippen molar-refractivity contribution in [1.82, 2.24) is 14.7 Å². The molecule has 0 aliphatic carbocycles. The second-order valence-electron chi connectivity index (χ2n) is 6.82. The Bertz CT molecular complexity index is 1060.